The van der Waals surface area contributed by atoms with Gasteiger partial charge in [-0.05, 0) is 29.3 Å². The minimum absolute atomic E-state index is 0.280. The molecule has 0 amide bonds. The SMILES string of the molecule is NCc1cccc(-c2ccc3nc(N)nn3c2)c1. The fourth-order valence-corrected chi connectivity index (χ4v) is 1.95. The second-order valence-corrected chi connectivity index (χ2v) is 4.10. The van der Waals surface area contributed by atoms with Gasteiger partial charge in [0.05, 0.1) is 0 Å². The molecule has 0 aliphatic heterocycles. The highest BCUT2D eigenvalue weighted by Gasteiger charge is 2.03. The summed E-state index contributed by atoms with van der Waals surface area (Å²) in [6, 6.07) is 12.0. The first-order valence-electron chi connectivity index (χ1n) is 5.67. The Kier molecular flexibility index (Phi) is 2.46. The fraction of sp³-hybridized carbons (Fsp3) is 0.0769. The first-order valence-corrected chi connectivity index (χ1v) is 5.67. The third-order valence-corrected chi connectivity index (χ3v) is 2.84. The van der Waals surface area contributed by atoms with E-state index >= 15 is 0 Å². The van der Waals surface area contributed by atoms with Crippen molar-refractivity contribution in [3.63, 3.8) is 0 Å². The molecule has 0 unspecified atom stereocenters. The van der Waals surface area contributed by atoms with Crippen LogP contribution < -0.4 is 11.5 Å². The number of anilines is 1. The van der Waals surface area contributed by atoms with Crippen LogP contribution in [0.3, 0.4) is 0 Å². The van der Waals surface area contributed by atoms with Crippen molar-refractivity contribution >= 4 is 11.6 Å². The summed E-state index contributed by atoms with van der Waals surface area (Å²) in [4.78, 5) is 4.09. The summed E-state index contributed by atoms with van der Waals surface area (Å²) in [5.74, 6) is 0.280. The molecule has 0 saturated heterocycles. The van der Waals surface area contributed by atoms with Crippen molar-refractivity contribution in [2.24, 2.45) is 5.73 Å². The molecule has 5 heteroatoms. The molecule has 0 bridgehead atoms. The second-order valence-electron chi connectivity index (χ2n) is 4.10. The Labute approximate surface area is 104 Å². The van der Waals surface area contributed by atoms with E-state index in [1.54, 1.807) is 4.52 Å². The van der Waals surface area contributed by atoms with Gasteiger partial charge in [-0.15, -0.1) is 5.10 Å². The smallest absolute Gasteiger partial charge is 0.240 e. The topological polar surface area (TPSA) is 82.2 Å². The van der Waals surface area contributed by atoms with Gasteiger partial charge in [0.2, 0.25) is 5.95 Å². The van der Waals surface area contributed by atoms with Crippen LogP contribution in [0.1, 0.15) is 5.56 Å². The third-order valence-electron chi connectivity index (χ3n) is 2.84. The Morgan fingerprint density at radius 3 is 2.83 bits per heavy atom. The predicted molar refractivity (Wildman–Crippen MR) is 70.7 cm³/mol. The lowest BCUT2D eigenvalue weighted by Gasteiger charge is -2.04. The van der Waals surface area contributed by atoms with E-state index in [-0.39, 0.29) is 5.95 Å². The molecule has 3 rings (SSSR count). The molecule has 0 atom stereocenters. The zero-order valence-corrected chi connectivity index (χ0v) is 9.74. The van der Waals surface area contributed by atoms with Crippen molar-refractivity contribution in [1.29, 1.82) is 0 Å². The number of aromatic nitrogens is 3. The molecule has 2 aromatic heterocycles. The number of benzene rings is 1. The van der Waals surface area contributed by atoms with Gasteiger partial charge in [0.25, 0.3) is 0 Å². The molecule has 0 aliphatic rings. The van der Waals surface area contributed by atoms with Crippen LogP contribution >= 0.6 is 0 Å². The number of rotatable bonds is 2. The number of hydrogen-bond donors (Lipinski definition) is 2. The summed E-state index contributed by atoms with van der Waals surface area (Å²) in [6.45, 7) is 0.534. The minimum Gasteiger partial charge on any atom is -0.366 e. The van der Waals surface area contributed by atoms with E-state index in [4.69, 9.17) is 11.5 Å². The van der Waals surface area contributed by atoms with Crippen molar-refractivity contribution in [2.75, 3.05) is 5.73 Å². The average molecular weight is 239 g/mol. The molecule has 18 heavy (non-hydrogen) atoms. The summed E-state index contributed by atoms with van der Waals surface area (Å²) in [5, 5.41) is 4.10. The molecule has 0 fully saturated rings. The first kappa shape index (κ1) is 10.7. The molecule has 2 heterocycles. The highest BCUT2D eigenvalue weighted by atomic mass is 15.3. The molecule has 1 aromatic carbocycles. The Bertz CT molecular complexity index is 701. The molecule has 5 nitrogen and oxygen atoms in total. The van der Waals surface area contributed by atoms with Crippen molar-refractivity contribution in [3.8, 4) is 11.1 Å². The van der Waals surface area contributed by atoms with E-state index in [0.717, 1.165) is 22.3 Å². The summed E-state index contributed by atoms with van der Waals surface area (Å²) in [7, 11) is 0. The summed E-state index contributed by atoms with van der Waals surface area (Å²) in [6.07, 6.45) is 1.91. The van der Waals surface area contributed by atoms with Crippen LogP contribution in [0.4, 0.5) is 5.95 Å². The van der Waals surface area contributed by atoms with E-state index in [2.05, 4.69) is 16.1 Å². The van der Waals surface area contributed by atoms with Crippen LogP contribution in [0, 0.1) is 0 Å². The highest BCUT2D eigenvalue weighted by Crippen LogP contribution is 2.20. The monoisotopic (exact) mass is 239 g/mol. The van der Waals surface area contributed by atoms with Gasteiger partial charge in [-0.2, -0.15) is 4.98 Å². The normalized spacial score (nSPS) is 10.9. The Morgan fingerprint density at radius 1 is 1.11 bits per heavy atom. The van der Waals surface area contributed by atoms with Gasteiger partial charge in [0.15, 0.2) is 5.65 Å². The van der Waals surface area contributed by atoms with Gasteiger partial charge >= 0.3 is 0 Å². The van der Waals surface area contributed by atoms with Crippen LogP contribution in [-0.2, 0) is 6.54 Å². The van der Waals surface area contributed by atoms with Gasteiger partial charge < -0.3 is 11.5 Å². The fourth-order valence-electron chi connectivity index (χ4n) is 1.95. The van der Waals surface area contributed by atoms with Crippen LogP contribution in [0.5, 0.6) is 0 Å². The van der Waals surface area contributed by atoms with Gasteiger partial charge in [0.1, 0.15) is 0 Å². The minimum atomic E-state index is 0.280. The third kappa shape index (κ3) is 1.80. The molecular formula is C13H13N5. The number of nitrogen functional groups attached to an aromatic ring is 1. The number of nitrogens with zero attached hydrogens (tertiary/aromatic N) is 3. The summed E-state index contributed by atoms with van der Waals surface area (Å²) < 4.78 is 1.68. The van der Waals surface area contributed by atoms with Crippen molar-refractivity contribution in [3.05, 3.63) is 48.2 Å². The molecule has 0 saturated carbocycles. The standard InChI is InChI=1S/C13H13N5/c14-7-9-2-1-3-10(6-9)11-4-5-12-16-13(15)17-18(12)8-11/h1-6,8H,7,14H2,(H2,15,17). The van der Waals surface area contributed by atoms with Crippen LogP contribution in [0.25, 0.3) is 16.8 Å². The van der Waals surface area contributed by atoms with Crippen LogP contribution in [-0.4, -0.2) is 14.6 Å². The van der Waals surface area contributed by atoms with Crippen molar-refractivity contribution in [2.45, 2.75) is 6.54 Å². The highest BCUT2D eigenvalue weighted by molar-refractivity contribution is 5.65. The molecule has 0 radical (unpaired) electrons. The zero-order chi connectivity index (χ0) is 12.5. The summed E-state index contributed by atoms with van der Waals surface area (Å²) >= 11 is 0. The van der Waals surface area contributed by atoms with Gasteiger partial charge in [-0.25, -0.2) is 4.52 Å². The van der Waals surface area contributed by atoms with E-state index < -0.39 is 0 Å². The maximum Gasteiger partial charge on any atom is 0.240 e. The van der Waals surface area contributed by atoms with Crippen molar-refractivity contribution < 1.29 is 0 Å². The maximum absolute atomic E-state index is 5.65. The molecule has 3 aromatic rings. The van der Waals surface area contributed by atoms with Crippen molar-refractivity contribution in [1.82, 2.24) is 14.6 Å². The Hall–Kier alpha value is -2.40. The quantitative estimate of drug-likeness (QED) is 0.708. The maximum atomic E-state index is 5.65. The van der Waals surface area contributed by atoms with Crippen LogP contribution in [0.15, 0.2) is 42.6 Å². The lowest BCUT2D eigenvalue weighted by atomic mass is 10.1. The lowest BCUT2D eigenvalue weighted by molar-refractivity contribution is 0.969. The molecule has 0 aliphatic carbocycles. The Morgan fingerprint density at radius 2 is 2.00 bits per heavy atom. The number of pyridine rings is 1. The van der Waals surface area contributed by atoms with E-state index in [0.29, 0.717) is 6.54 Å². The second kappa shape index (κ2) is 4.12. The van der Waals surface area contributed by atoms with Gasteiger partial charge in [-0.1, -0.05) is 18.2 Å². The zero-order valence-electron chi connectivity index (χ0n) is 9.74. The van der Waals surface area contributed by atoms with E-state index in [1.807, 2.05) is 36.5 Å². The largest absolute Gasteiger partial charge is 0.366 e. The number of fused-ring (bicyclic) bond motifs is 1. The molecule has 90 valence electrons. The van der Waals surface area contributed by atoms with Gasteiger partial charge in [-0.3, -0.25) is 0 Å². The molecule has 0 spiro atoms. The lowest BCUT2D eigenvalue weighted by Crippen LogP contribution is -1.96. The first-order chi connectivity index (χ1) is 8.76. The van der Waals surface area contributed by atoms with Crippen LogP contribution in [0.2, 0.25) is 0 Å². The van der Waals surface area contributed by atoms with E-state index in [9.17, 15) is 0 Å². The number of nitrogens with two attached hydrogens (primary N) is 2. The average Bonchev–Trinajstić information content (AvgIpc) is 2.77. The molecular weight excluding hydrogens is 226 g/mol. The van der Waals surface area contributed by atoms with Gasteiger partial charge in [0, 0.05) is 18.3 Å². The Balaban J connectivity index is 2.12. The predicted octanol–water partition coefficient (Wildman–Crippen LogP) is 1.44. The number of hydrogen-bond acceptors (Lipinski definition) is 4. The van der Waals surface area contributed by atoms with E-state index in [1.165, 1.54) is 0 Å². The molecule has 4 N–H and O–H groups in total. The summed E-state index contributed by atoms with van der Waals surface area (Å²) in [5.41, 5.74) is 15.2.